The first kappa shape index (κ1) is 13.0. The van der Waals surface area contributed by atoms with Crippen molar-refractivity contribution >= 4 is 18.4 Å². The average molecular weight is 242 g/mol. The predicted octanol–water partition coefficient (Wildman–Crippen LogP) is 1.95. The van der Waals surface area contributed by atoms with Gasteiger partial charge in [0.15, 0.2) is 0 Å². The molecule has 0 radical (unpaired) electrons. The zero-order valence-corrected chi connectivity index (χ0v) is 9.96. The summed E-state index contributed by atoms with van der Waals surface area (Å²) in [4.78, 5) is 10.8. The highest BCUT2D eigenvalue weighted by Crippen LogP contribution is 2.27. The van der Waals surface area contributed by atoms with Crippen LogP contribution in [0.2, 0.25) is 0 Å². The Labute approximate surface area is 101 Å². The molecule has 4 heteroatoms. The van der Waals surface area contributed by atoms with E-state index in [0.717, 1.165) is 6.54 Å². The van der Waals surface area contributed by atoms with Gasteiger partial charge < -0.3 is 10.4 Å². The van der Waals surface area contributed by atoms with Crippen LogP contribution in [0.25, 0.3) is 0 Å². The highest BCUT2D eigenvalue weighted by Gasteiger charge is 2.30. The van der Waals surface area contributed by atoms with E-state index in [1.54, 1.807) is 0 Å². The molecule has 0 saturated carbocycles. The molecule has 0 bridgehead atoms. The van der Waals surface area contributed by atoms with Crippen LogP contribution in [0.5, 0.6) is 0 Å². The first-order valence-electron chi connectivity index (χ1n) is 5.20. The number of benzene rings is 1. The third-order valence-corrected chi connectivity index (χ3v) is 3.06. The summed E-state index contributed by atoms with van der Waals surface area (Å²) < 4.78 is 0. The SMILES string of the molecule is Cc1ccccc1[C@@H]1CN[C@H](C(=O)O)C1.Cl. The van der Waals surface area contributed by atoms with Crippen LogP contribution in [0.1, 0.15) is 23.5 Å². The van der Waals surface area contributed by atoms with Crippen molar-refractivity contribution < 1.29 is 9.90 Å². The molecule has 0 aliphatic carbocycles. The zero-order valence-electron chi connectivity index (χ0n) is 9.14. The van der Waals surface area contributed by atoms with Gasteiger partial charge in [-0.05, 0) is 30.4 Å². The molecule has 1 saturated heterocycles. The van der Waals surface area contributed by atoms with E-state index in [4.69, 9.17) is 5.11 Å². The molecule has 0 amide bonds. The lowest BCUT2D eigenvalue weighted by molar-refractivity contribution is -0.139. The van der Waals surface area contributed by atoms with E-state index in [2.05, 4.69) is 24.4 Å². The summed E-state index contributed by atoms with van der Waals surface area (Å²) in [5, 5.41) is 11.9. The minimum atomic E-state index is -0.744. The number of carboxylic acids is 1. The smallest absolute Gasteiger partial charge is 0.320 e. The second-order valence-electron chi connectivity index (χ2n) is 4.09. The molecule has 1 aliphatic heterocycles. The lowest BCUT2D eigenvalue weighted by Crippen LogP contribution is -2.29. The maximum atomic E-state index is 10.8. The molecular formula is C12H16ClNO2. The third kappa shape index (κ3) is 2.54. The second-order valence-corrected chi connectivity index (χ2v) is 4.09. The van der Waals surface area contributed by atoms with Gasteiger partial charge in [-0.3, -0.25) is 4.79 Å². The van der Waals surface area contributed by atoms with Crippen molar-refractivity contribution in [3.63, 3.8) is 0 Å². The van der Waals surface area contributed by atoms with Gasteiger partial charge >= 0.3 is 5.97 Å². The molecule has 1 fully saturated rings. The van der Waals surface area contributed by atoms with Crippen LogP contribution in [0, 0.1) is 6.92 Å². The Balaban J connectivity index is 0.00000128. The molecule has 88 valence electrons. The first-order chi connectivity index (χ1) is 7.18. The van der Waals surface area contributed by atoms with E-state index >= 15 is 0 Å². The van der Waals surface area contributed by atoms with E-state index in [-0.39, 0.29) is 18.4 Å². The molecule has 0 spiro atoms. The fourth-order valence-corrected chi connectivity index (χ4v) is 2.21. The minimum Gasteiger partial charge on any atom is -0.480 e. The number of rotatable bonds is 2. The van der Waals surface area contributed by atoms with Gasteiger partial charge in [-0.15, -0.1) is 12.4 Å². The number of hydrogen-bond acceptors (Lipinski definition) is 2. The molecule has 0 unspecified atom stereocenters. The van der Waals surface area contributed by atoms with Crippen molar-refractivity contribution in [1.82, 2.24) is 5.32 Å². The third-order valence-electron chi connectivity index (χ3n) is 3.06. The summed E-state index contributed by atoms with van der Waals surface area (Å²) in [6.45, 7) is 2.84. The number of aryl methyl sites for hydroxylation is 1. The number of hydrogen-bond donors (Lipinski definition) is 2. The highest BCUT2D eigenvalue weighted by molar-refractivity contribution is 5.85. The summed E-state index contributed by atoms with van der Waals surface area (Å²) in [6, 6.07) is 7.80. The molecule has 0 aromatic heterocycles. The van der Waals surface area contributed by atoms with Crippen LogP contribution in [-0.2, 0) is 4.79 Å². The highest BCUT2D eigenvalue weighted by atomic mass is 35.5. The maximum Gasteiger partial charge on any atom is 0.320 e. The van der Waals surface area contributed by atoms with Gasteiger partial charge in [0.1, 0.15) is 6.04 Å². The molecule has 2 atom stereocenters. The van der Waals surface area contributed by atoms with E-state index in [9.17, 15) is 4.79 Å². The normalized spacial score (nSPS) is 23.8. The summed E-state index contributed by atoms with van der Waals surface area (Å²) >= 11 is 0. The van der Waals surface area contributed by atoms with E-state index in [1.165, 1.54) is 11.1 Å². The molecule has 2 rings (SSSR count). The molecule has 1 aliphatic rings. The Morgan fingerprint density at radius 1 is 1.44 bits per heavy atom. The molecule has 1 heterocycles. The van der Waals surface area contributed by atoms with Crippen LogP contribution in [0.4, 0.5) is 0 Å². The van der Waals surface area contributed by atoms with Gasteiger partial charge in [0.05, 0.1) is 0 Å². The number of carbonyl (C=O) groups is 1. The van der Waals surface area contributed by atoms with Crippen LogP contribution >= 0.6 is 12.4 Å². The van der Waals surface area contributed by atoms with E-state index < -0.39 is 5.97 Å². The Kier molecular flexibility index (Phi) is 4.33. The van der Waals surface area contributed by atoms with Gasteiger partial charge in [0.25, 0.3) is 0 Å². The lowest BCUT2D eigenvalue weighted by Gasteiger charge is -2.11. The molecule has 2 N–H and O–H groups in total. The van der Waals surface area contributed by atoms with Crippen molar-refractivity contribution in [1.29, 1.82) is 0 Å². The Morgan fingerprint density at radius 2 is 2.12 bits per heavy atom. The van der Waals surface area contributed by atoms with Crippen molar-refractivity contribution in [2.75, 3.05) is 6.54 Å². The van der Waals surface area contributed by atoms with Crippen molar-refractivity contribution in [3.05, 3.63) is 35.4 Å². The fourth-order valence-electron chi connectivity index (χ4n) is 2.21. The number of aliphatic carboxylic acids is 1. The number of halogens is 1. The fraction of sp³-hybridized carbons (Fsp3) is 0.417. The largest absolute Gasteiger partial charge is 0.480 e. The quantitative estimate of drug-likeness (QED) is 0.832. The molecule has 16 heavy (non-hydrogen) atoms. The molecule has 1 aromatic rings. The Bertz CT molecular complexity index is 381. The second kappa shape index (κ2) is 5.32. The summed E-state index contributed by atoms with van der Waals surface area (Å²) in [7, 11) is 0. The molecule has 3 nitrogen and oxygen atoms in total. The summed E-state index contributed by atoms with van der Waals surface area (Å²) in [6.07, 6.45) is 0.695. The monoisotopic (exact) mass is 241 g/mol. The topological polar surface area (TPSA) is 49.3 Å². The zero-order chi connectivity index (χ0) is 10.8. The molecular weight excluding hydrogens is 226 g/mol. The standard InChI is InChI=1S/C12H15NO2.ClH/c1-8-4-2-3-5-10(8)9-6-11(12(14)15)13-7-9;/h2-5,9,11,13H,6-7H2,1H3,(H,14,15);1H/t9-,11-;/m0./s1. The average Bonchev–Trinajstić information content (AvgIpc) is 2.67. The Morgan fingerprint density at radius 3 is 2.69 bits per heavy atom. The van der Waals surface area contributed by atoms with Gasteiger partial charge in [-0.1, -0.05) is 24.3 Å². The van der Waals surface area contributed by atoms with Crippen LogP contribution in [0.3, 0.4) is 0 Å². The van der Waals surface area contributed by atoms with Gasteiger partial charge in [-0.25, -0.2) is 0 Å². The van der Waals surface area contributed by atoms with E-state index in [0.29, 0.717) is 12.3 Å². The van der Waals surface area contributed by atoms with Crippen LogP contribution in [0.15, 0.2) is 24.3 Å². The molecule has 1 aromatic carbocycles. The maximum absolute atomic E-state index is 10.8. The van der Waals surface area contributed by atoms with Gasteiger partial charge in [0.2, 0.25) is 0 Å². The number of carboxylic acid groups (broad SMARTS) is 1. The predicted molar refractivity (Wildman–Crippen MR) is 65.2 cm³/mol. The Hall–Kier alpha value is -1.06. The van der Waals surface area contributed by atoms with E-state index in [1.807, 2.05) is 12.1 Å². The summed E-state index contributed by atoms with van der Waals surface area (Å²) in [5.41, 5.74) is 2.52. The van der Waals surface area contributed by atoms with Gasteiger partial charge in [0, 0.05) is 6.54 Å². The van der Waals surface area contributed by atoms with Crippen molar-refractivity contribution in [2.24, 2.45) is 0 Å². The van der Waals surface area contributed by atoms with Crippen LogP contribution in [-0.4, -0.2) is 23.7 Å². The minimum absolute atomic E-state index is 0. The lowest BCUT2D eigenvalue weighted by atomic mass is 9.93. The summed E-state index contributed by atoms with van der Waals surface area (Å²) in [5.74, 6) is -0.404. The van der Waals surface area contributed by atoms with Crippen molar-refractivity contribution in [3.8, 4) is 0 Å². The van der Waals surface area contributed by atoms with Crippen molar-refractivity contribution in [2.45, 2.75) is 25.3 Å². The number of nitrogens with one attached hydrogen (secondary N) is 1. The van der Waals surface area contributed by atoms with Gasteiger partial charge in [-0.2, -0.15) is 0 Å². The first-order valence-corrected chi connectivity index (χ1v) is 5.20. The van der Waals surface area contributed by atoms with Crippen LogP contribution < -0.4 is 5.32 Å².